The van der Waals surface area contributed by atoms with Gasteiger partial charge in [0.05, 0.1) is 0 Å². The summed E-state index contributed by atoms with van der Waals surface area (Å²) in [4.78, 5) is 16.2. The van der Waals surface area contributed by atoms with Gasteiger partial charge in [-0.05, 0) is 35.7 Å². The van der Waals surface area contributed by atoms with E-state index in [4.69, 9.17) is 4.74 Å². The van der Waals surface area contributed by atoms with Crippen molar-refractivity contribution < 1.29 is 9.53 Å². The number of pyridine rings is 1. The number of ketones is 1. The normalized spacial score (nSPS) is 10.3. The average molecular weight is 317 g/mol. The van der Waals surface area contributed by atoms with Crippen LogP contribution in [0.4, 0.5) is 0 Å². The van der Waals surface area contributed by atoms with Crippen LogP contribution in [0.15, 0.2) is 79.1 Å². The Morgan fingerprint density at radius 2 is 1.71 bits per heavy atom. The van der Waals surface area contributed by atoms with Crippen LogP contribution in [0.25, 0.3) is 0 Å². The third-order valence-corrected chi connectivity index (χ3v) is 3.81. The summed E-state index contributed by atoms with van der Waals surface area (Å²) in [5.74, 6) is 0.932. The highest BCUT2D eigenvalue weighted by atomic mass is 16.5. The molecule has 1 heterocycles. The van der Waals surface area contributed by atoms with Crippen molar-refractivity contribution >= 4 is 5.78 Å². The fourth-order valence-electron chi connectivity index (χ4n) is 2.51. The van der Waals surface area contributed by atoms with Gasteiger partial charge in [0.2, 0.25) is 0 Å². The average Bonchev–Trinajstić information content (AvgIpc) is 2.66. The number of ether oxygens (including phenoxy) is 1. The van der Waals surface area contributed by atoms with E-state index in [1.54, 1.807) is 24.5 Å². The van der Waals surface area contributed by atoms with Gasteiger partial charge in [-0.2, -0.15) is 0 Å². The Morgan fingerprint density at radius 3 is 2.50 bits per heavy atom. The molecule has 0 spiro atoms. The summed E-state index contributed by atoms with van der Waals surface area (Å²) >= 11 is 0. The van der Waals surface area contributed by atoms with E-state index < -0.39 is 0 Å². The minimum atomic E-state index is 0.0981. The molecule has 0 saturated heterocycles. The maximum absolute atomic E-state index is 12.2. The molecule has 24 heavy (non-hydrogen) atoms. The first-order valence-electron chi connectivity index (χ1n) is 8.01. The van der Waals surface area contributed by atoms with Gasteiger partial charge in [-0.3, -0.25) is 9.78 Å². The highest BCUT2D eigenvalue weighted by molar-refractivity contribution is 5.95. The highest BCUT2D eigenvalue weighted by Gasteiger charge is 2.09. The van der Waals surface area contributed by atoms with Crippen molar-refractivity contribution in [1.82, 2.24) is 4.98 Å². The number of aromatic nitrogens is 1. The second-order valence-electron chi connectivity index (χ2n) is 5.55. The van der Waals surface area contributed by atoms with Crippen molar-refractivity contribution in [3.8, 4) is 5.75 Å². The number of para-hydroxylation sites is 1. The maximum atomic E-state index is 12.2. The zero-order valence-electron chi connectivity index (χ0n) is 13.4. The van der Waals surface area contributed by atoms with Crippen LogP contribution in [0.5, 0.6) is 5.75 Å². The zero-order chi connectivity index (χ0) is 16.6. The van der Waals surface area contributed by atoms with Gasteiger partial charge in [-0.1, -0.05) is 48.5 Å². The Bertz CT molecular complexity index is 785. The van der Waals surface area contributed by atoms with Gasteiger partial charge >= 0.3 is 0 Å². The SMILES string of the molecule is O=C(CCc1ccccc1OCc1ccccc1)c1cccnc1. The summed E-state index contributed by atoms with van der Waals surface area (Å²) in [6.45, 7) is 0.522. The maximum Gasteiger partial charge on any atom is 0.164 e. The number of carbonyl (C=O) groups excluding carboxylic acids is 1. The first kappa shape index (κ1) is 15.9. The predicted octanol–water partition coefficient (Wildman–Crippen LogP) is 4.48. The van der Waals surface area contributed by atoms with Crippen LogP contribution in [0.2, 0.25) is 0 Å². The molecule has 0 aliphatic heterocycles. The molecule has 0 fully saturated rings. The molecule has 0 radical (unpaired) electrons. The number of nitrogens with zero attached hydrogens (tertiary/aromatic N) is 1. The molecule has 2 aromatic carbocycles. The number of hydrogen-bond acceptors (Lipinski definition) is 3. The second kappa shape index (κ2) is 8.06. The van der Waals surface area contributed by atoms with Gasteiger partial charge in [0.1, 0.15) is 12.4 Å². The van der Waals surface area contributed by atoms with Gasteiger partial charge in [-0.15, -0.1) is 0 Å². The van der Waals surface area contributed by atoms with Crippen LogP contribution in [-0.4, -0.2) is 10.8 Å². The number of aryl methyl sites for hydroxylation is 1. The van der Waals surface area contributed by atoms with Crippen LogP contribution < -0.4 is 4.74 Å². The molecular formula is C21H19NO2. The smallest absolute Gasteiger partial charge is 0.164 e. The Hall–Kier alpha value is -2.94. The summed E-state index contributed by atoms with van der Waals surface area (Å²) < 4.78 is 5.94. The number of rotatable bonds is 7. The number of benzene rings is 2. The van der Waals surface area contributed by atoms with Crippen molar-refractivity contribution in [2.24, 2.45) is 0 Å². The molecule has 3 rings (SSSR count). The van der Waals surface area contributed by atoms with E-state index in [9.17, 15) is 4.79 Å². The summed E-state index contributed by atoms with van der Waals surface area (Å²) in [6.07, 6.45) is 4.37. The Labute approximate surface area is 142 Å². The molecule has 0 unspecified atom stereocenters. The van der Waals surface area contributed by atoms with E-state index in [1.807, 2.05) is 54.6 Å². The molecule has 120 valence electrons. The molecule has 0 N–H and O–H groups in total. The Kier molecular flexibility index (Phi) is 5.36. The zero-order valence-corrected chi connectivity index (χ0v) is 13.4. The van der Waals surface area contributed by atoms with Crippen molar-refractivity contribution in [2.75, 3.05) is 0 Å². The third kappa shape index (κ3) is 4.29. The first-order valence-corrected chi connectivity index (χ1v) is 8.01. The van der Waals surface area contributed by atoms with Crippen molar-refractivity contribution in [1.29, 1.82) is 0 Å². The van der Waals surface area contributed by atoms with E-state index in [-0.39, 0.29) is 5.78 Å². The van der Waals surface area contributed by atoms with E-state index in [1.165, 1.54) is 0 Å². The van der Waals surface area contributed by atoms with Gasteiger partial charge in [-0.25, -0.2) is 0 Å². The quantitative estimate of drug-likeness (QED) is 0.603. The minimum Gasteiger partial charge on any atom is -0.489 e. The topological polar surface area (TPSA) is 39.2 Å². The van der Waals surface area contributed by atoms with Gasteiger partial charge < -0.3 is 4.74 Å². The fourth-order valence-corrected chi connectivity index (χ4v) is 2.51. The minimum absolute atomic E-state index is 0.0981. The van der Waals surface area contributed by atoms with Crippen LogP contribution in [-0.2, 0) is 13.0 Å². The van der Waals surface area contributed by atoms with Crippen LogP contribution in [0, 0.1) is 0 Å². The molecule has 3 aromatic rings. The third-order valence-electron chi connectivity index (χ3n) is 3.81. The Balaban J connectivity index is 1.63. The molecule has 0 amide bonds. The molecule has 3 nitrogen and oxygen atoms in total. The molecule has 3 heteroatoms. The Morgan fingerprint density at radius 1 is 0.917 bits per heavy atom. The lowest BCUT2D eigenvalue weighted by atomic mass is 10.0. The van der Waals surface area contributed by atoms with Crippen LogP contribution >= 0.6 is 0 Å². The van der Waals surface area contributed by atoms with Crippen LogP contribution in [0.3, 0.4) is 0 Å². The first-order chi connectivity index (χ1) is 11.8. The molecule has 0 atom stereocenters. The lowest BCUT2D eigenvalue weighted by molar-refractivity contribution is 0.0982. The van der Waals surface area contributed by atoms with Crippen molar-refractivity contribution in [3.63, 3.8) is 0 Å². The predicted molar refractivity (Wildman–Crippen MR) is 94.1 cm³/mol. The molecule has 0 aliphatic rings. The summed E-state index contributed by atoms with van der Waals surface area (Å²) in [7, 11) is 0. The molecule has 0 aliphatic carbocycles. The standard InChI is InChI=1S/C21H19NO2/c23-20(19-10-6-14-22-15-19)13-12-18-9-4-5-11-21(18)24-16-17-7-2-1-3-8-17/h1-11,14-15H,12-13,16H2. The van der Waals surface area contributed by atoms with Gasteiger partial charge in [0.25, 0.3) is 0 Å². The second-order valence-corrected chi connectivity index (χ2v) is 5.55. The van der Waals surface area contributed by atoms with Gasteiger partial charge in [0.15, 0.2) is 5.78 Å². The molecule has 0 bridgehead atoms. The van der Waals surface area contributed by atoms with E-state index in [0.717, 1.165) is 16.9 Å². The van der Waals surface area contributed by atoms with Crippen molar-refractivity contribution in [3.05, 3.63) is 95.8 Å². The number of carbonyl (C=O) groups is 1. The fraction of sp³-hybridized carbons (Fsp3) is 0.143. The van der Waals surface area contributed by atoms with Crippen molar-refractivity contribution in [2.45, 2.75) is 19.4 Å². The van der Waals surface area contributed by atoms with E-state index in [0.29, 0.717) is 25.0 Å². The van der Waals surface area contributed by atoms with Crippen LogP contribution in [0.1, 0.15) is 27.9 Å². The molecule has 1 aromatic heterocycles. The molecule has 0 saturated carbocycles. The highest BCUT2D eigenvalue weighted by Crippen LogP contribution is 2.21. The lowest BCUT2D eigenvalue weighted by Crippen LogP contribution is -2.03. The largest absolute Gasteiger partial charge is 0.489 e. The summed E-state index contributed by atoms with van der Waals surface area (Å²) in [6, 6.07) is 21.5. The lowest BCUT2D eigenvalue weighted by Gasteiger charge is -2.11. The van der Waals surface area contributed by atoms with E-state index >= 15 is 0 Å². The number of Topliss-reactive ketones (excluding diaryl/α,β-unsaturated/α-hetero) is 1. The number of hydrogen-bond donors (Lipinski definition) is 0. The summed E-state index contributed by atoms with van der Waals surface area (Å²) in [5.41, 5.74) is 2.82. The summed E-state index contributed by atoms with van der Waals surface area (Å²) in [5, 5.41) is 0. The monoisotopic (exact) mass is 317 g/mol. The van der Waals surface area contributed by atoms with E-state index in [2.05, 4.69) is 4.98 Å². The van der Waals surface area contributed by atoms with Gasteiger partial charge in [0, 0.05) is 24.4 Å². The molecular weight excluding hydrogens is 298 g/mol.